The normalized spacial score (nSPS) is 13.8. The standard InChI is InChI=1S/C15H15BOS/c1-11-3-6-13(7-4-11)18-14-8-5-12-10-17-16(2)15(12)9-14/h3-9H,10H2,1-2H3. The summed E-state index contributed by atoms with van der Waals surface area (Å²) in [4.78, 5) is 2.57. The molecule has 0 atom stereocenters. The van der Waals surface area contributed by atoms with Crippen molar-refractivity contribution in [2.75, 3.05) is 0 Å². The van der Waals surface area contributed by atoms with Crippen molar-refractivity contribution in [3.05, 3.63) is 53.6 Å². The minimum absolute atomic E-state index is 0.235. The minimum Gasteiger partial charge on any atom is -0.427 e. The Morgan fingerprint density at radius 3 is 2.56 bits per heavy atom. The summed E-state index contributed by atoms with van der Waals surface area (Å²) in [5.74, 6) is 0. The van der Waals surface area contributed by atoms with Crippen LogP contribution in [-0.4, -0.2) is 6.92 Å². The van der Waals surface area contributed by atoms with Gasteiger partial charge >= 0.3 is 6.92 Å². The molecule has 2 aromatic carbocycles. The van der Waals surface area contributed by atoms with Crippen molar-refractivity contribution in [3.8, 4) is 0 Å². The van der Waals surface area contributed by atoms with Crippen molar-refractivity contribution in [3.63, 3.8) is 0 Å². The van der Waals surface area contributed by atoms with Crippen LogP contribution in [0.2, 0.25) is 6.82 Å². The van der Waals surface area contributed by atoms with E-state index >= 15 is 0 Å². The Hall–Kier alpha value is -1.19. The Balaban J connectivity index is 1.85. The van der Waals surface area contributed by atoms with Crippen LogP contribution in [-0.2, 0) is 11.3 Å². The van der Waals surface area contributed by atoms with Crippen molar-refractivity contribution in [1.29, 1.82) is 0 Å². The van der Waals surface area contributed by atoms with Gasteiger partial charge in [-0.05, 0) is 36.1 Å². The topological polar surface area (TPSA) is 9.23 Å². The monoisotopic (exact) mass is 254 g/mol. The summed E-state index contributed by atoms with van der Waals surface area (Å²) < 4.78 is 5.63. The van der Waals surface area contributed by atoms with Gasteiger partial charge in [0.05, 0.1) is 6.61 Å². The fourth-order valence-electron chi connectivity index (χ4n) is 2.19. The van der Waals surface area contributed by atoms with E-state index < -0.39 is 0 Å². The first-order valence-corrected chi connectivity index (χ1v) is 7.03. The molecule has 2 aromatic rings. The first-order chi connectivity index (χ1) is 8.72. The van der Waals surface area contributed by atoms with Gasteiger partial charge in [0.2, 0.25) is 0 Å². The smallest absolute Gasteiger partial charge is 0.324 e. The molecular weight excluding hydrogens is 239 g/mol. The molecule has 0 unspecified atom stereocenters. The van der Waals surface area contributed by atoms with Gasteiger partial charge in [-0.2, -0.15) is 0 Å². The van der Waals surface area contributed by atoms with Crippen molar-refractivity contribution in [2.24, 2.45) is 0 Å². The maximum Gasteiger partial charge on any atom is 0.324 e. The van der Waals surface area contributed by atoms with Crippen molar-refractivity contribution < 1.29 is 4.65 Å². The van der Waals surface area contributed by atoms with Gasteiger partial charge in [0.15, 0.2) is 0 Å². The molecule has 3 rings (SSSR count). The average molecular weight is 254 g/mol. The summed E-state index contributed by atoms with van der Waals surface area (Å²) in [7, 11) is 0. The average Bonchev–Trinajstić information content (AvgIpc) is 2.74. The Morgan fingerprint density at radius 1 is 1.06 bits per heavy atom. The van der Waals surface area contributed by atoms with E-state index in [-0.39, 0.29) is 6.92 Å². The van der Waals surface area contributed by atoms with Gasteiger partial charge in [-0.3, -0.25) is 0 Å². The molecule has 90 valence electrons. The zero-order valence-corrected chi connectivity index (χ0v) is 11.5. The second kappa shape index (κ2) is 4.83. The van der Waals surface area contributed by atoms with E-state index in [4.69, 9.17) is 4.65 Å². The summed E-state index contributed by atoms with van der Waals surface area (Å²) in [6.45, 7) is 5.22. The molecule has 1 aliphatic rings. The summed E-state index contributed by atoms with van der Waals surface area (Å²) >= 11 is 1.81. The highest BCUT2D eigenvalue weighted by atomic mass is 32.2. The molecule has 3 heteroatoms. The SMILES string of the molecule is CB1OCc2ccc(Sc3ccc(C)cc3)cc21. The van der Waals surface area contributed by atoms with Gasteiger partial charge in [-0.1, -0.05) is 48.4 Å². The highest BCUT2D eigenvalue weighted by Gasteiger charge is 2.23. The van der Waals surface area contributed by atoms with Gasteiger partial charge in [-0.15, -0.1) is 0 Å². The molecule has 0 N–H and O–H groups in total. The Kier molecular flexibility index (Phi) is 3.19. The summed E-state index contributed by atoms with van der Waals surface area (Å²) in [5.41, 5.74) is 3.97. The van der Waals surface area contributed by atoms with E-state index in [9.17, 15) is 0 Å². The van der Waals surface area contributed by atoms with E-state index in [0.29, 0.717) is 0 Å². The van der Waals surface area contributed by atoms with Gasteiger partial charge < -0.3 is 4.65 Å². The number of hydrogen-bond donors (Lipinski definition) is 0. The second-order valence-corrected chi connectivity index (χ2v) is 5.88. The highest BCUT2D eigenvalue weighted by Crippen LogP contribution is 2.28. The zero-order valence-electron chi connectivity index (χ0n) is 10.6. The number of rotatable bonds is 2. The molecule has 0 saturated heterocycles. The fourth-order valence-corrected chi connectivity index (χ4v) is 3.06. The fraction of sp³-hybridized carbons (Fsp3) is 0.200. The lowest BCUT2D eigenvalue weighted by atomic mass is 9.64. The van der Waals surface area contributed by atoms with Crippen LogP contribution < -0.4 is 5.46 Å². The van der Waals surface area contributed by atoms with E-state index in [1.165, 1.54) is 26.4 Å². The molecule has 0 fully saturated rings. The summed E-state index contributed by atoms with van der Waals surface area (Å²) in [6, 6.07) is 15.3. The molecule has 0 aromatic heterocycles. The highest BCUT2D eigenvalue weighted by molar-refractivity contribution is 7.99. The van der Waals surface area contributed by atoms with Crippen LogP contribution in [0.15, 0.2) is 52.3 Å². The third kappa shape index (κ3) is 2.33. The summed E-state index contributed by atoms with van der Waals surface area (Å²) in [6.07, 6.45) is 0. The maximum absolute atomic E-state index is 5.63. The lowest BCUT2D eigenvalue weighted by Crippen LogP contribution is -2.24. The molecule has 0 saturated carbocycles. The molecule has 0 bridgehead atoms. The maximum atomic E-state index is 5.63. The minimum atomic E-state index is 0.235. The number of benzene rings is 2. The number of aryl methyl sites for hydroxylation is 1. The third-order valence-electron chi connectivity index (χ3n) is 3.30. The zero-order chi connectivity index (χ0) is 12.5. The molecule has 0 radical (unpaired) electrons. The predicted octanol–water partition coefficient (Wildman–Crippen LogP) is 3.50. The van der Waals surface area contributed by atoms with Gasteiger partial charge in [0.25, 0.3) is 0 Å². The van der Waals surface area contributed by atoms with Gasteiger partial charge in [0, 0.05) is 9.79 Å². The molecular formula is C15H15BOS. The van der Waals surface area contributed by atoms with Crippen LogP contribution in [0.1, 0.15) is 11.1 Å². The van der Waals surface area contributed by atoms with E-state index in [1.54, 1.807) is 0 Å². The molecule has 1 aliphatic heterocycles. The molecule has 0 amide bonds. The van der Waals surface area contributed by atoms with Crippen LogP contribution in [0, 0.1) is 6.92 Å². The molecule has 0 spiro atoms. The molecule has 1 heterocycles. The quantitative estimate of drug-likeness (QED) is 0.758. The number of hydrogen-bond acceptors (Lipinski definition) is 2. The van der Waals surface area contributed by atoms with E-state index in [0.717, 1.165) is 6.61 Å². The van der Waals surface area contributed by atoms with E-state index in [1.807, 2.05) is 11.8 Å². The Bertz CT molecular complexity index is 565. The van der Waals surface area contributed by atoms with Gasteiger partial charge in [0.1, 0.15) is 0 Å². The largest absolute Gasteiger partial charge is 0.427 e. The van der Waals surface area contributed by atoms with Crippen molar-refractivity contribution in [2.45, 2.75) is 30.1 Å². The molecule has 0 aliphatic carbocycles. The Morgan fingerprint density at radius 2 is 1.78 bits per heavy atom. The first-order valence-electron chi connectivity index (χ1n) is 6.21. The number of fused-ring (bicyclic) bond motifs is 1. The van der Waals surface area contributed by atoms with E-state index in [2.05, 4.69) is 56.2 Å². The summed E-state index contributed by atoms with van der Waals surface area (Å²) in [5, 5.41) is 0. The lowest BCUT2D eigenvalue weighted by Gasteiger charge is -2.05. The van der Waals surface area contributed by atoms with Crippen LogP contribution in [0.4, 0.5) is 0 Å². The van der Waals surface area contributed by atoms with Crippen LogP contribution >= 0.6 is 11.8 Å². The predicted molar refractivity (Wildman–Crippen MR) is 77.8 cm³/mol. The van der Waals surface area contributed by atoms with Crippen molar-refractivity contribution in [1.82, 2.24) is 0 Å². The van der Waals surface area contributed by atoms with Crippen LogP contribution in [0.5, 0.6) is 0 Å². The third-order valence-corrected chi connectivity index (χ3v) is 4.30. The second-order valence-electron chi connectivity index (χ2n) is 4.73. The molecule has 18 heavy (non-hydrogen) atoms. The lowest BCUT2D eigenvalue weighted by molar-refractivity contribution is 0.333. The van der Waals surface area contributed by atoms with Crippen LogP contribution in [0.3, 0.4) is 0 Å². The molecule has 1 nitrogen and oxygen atoms in total. The van der Waals surface area contributed by atoms with Crippen LogP contribution in [0.25, 0.3) is 0 Å². The van der Waals surface area contributed by atoms with Gasteiger partial charge in [-0.25, -0.2) is 0 Å². The Labute approximate surface area is 113 Å². The van der Waals surface area contributed by atoms with Crippen molar-refractivity contribution >= 4 is 24.1 Å². The first kappa shape index (κ1) is 11.9.